The number of hydrogen-bond donors (Lipinski definition) is 2. The molecule has 7 nitrogen and oxygen atoms in total. The first-order valence-electron chi connectivity index (χ1n) is 6.35. The van der Waals surface area contributed by atoms with Crippen LogP contribution in [0.2, 0.25) is 0 Å². The molecule has 3 aromatic heterocycles. The summed E-state index contributed by atoms with van der Waals surface area (Å²) in [6, 6.07) is 3.95. The van der Waals surface area contributed by atoms with Crippen LogP contribution in [-0.4, -0.2) is 37.2 Å². The third-order valence-electron chi connectivity index (χ3n) is 2.94. The number of aromatic carboxylic acids is 1. The van der Waals surface area contributed by atoms with Crippen molar-refractivity contribution in [3.05, 3.63) is 40.1 Å². The molecule has 0 saturated carbocycles. The minimum atomic E-state index is -0.992. The van der Waals surface area contributed by atoms with Crippen LogP contribution in [0.15, 0.2) is 23.8 Å². The predicted octanol–water partition coefficient (Wildman–Crippen LogP) is 1.85. The number of carboxylic acid groups (broad SMARTS) is 1. The normalized spacial score (nSPS) is 10.9. The fraction of sp³-hybridized carbons (Fsp3) is 0.231. The first-order valence-corrected chi connectivity index (χ1v) is 7.23. The third kappa shape index (κ3) is 2.84. The number of pyridine rings is 1. The first-order chi connectivity index (χ1) is 10.1. The summed E-state index contributed by atoms with van der Waals surface area (Å²) in [5, 5.41) is 18.6. The van der Waals surface area contributed by atoms with E-state index in [-0.39, 0.29) is 5.69 Å². The van der Waals surface area contributed by atoms with Crippen LogP contribution in [0.25, 0.3) is 5.65 Å². The first kappa shape index (κ1) is 13.5. The van der Waals surface area contributed by atoms with Crippen molar-refractivity contribution < 1.29 is 9.90 Å². The monoisotopic (exact) mass is 303 g/mol. The Kier molecular flexibility index (Phi) is 3.53. The number of carbonyl (C=O) groups is 1. The van der Waals surface area contributed by atoms with E-state index < -0.39 is 5.97 Å². The van der Waals surface area contributed by atoms with Crippen LogP contribution in [-0.2, 0) is 6.42 Å². The zero-order valence-electron chi connectivity index (χ0n) is 11.3. The highest BCUT2D eigenvalue weighted by molar-refractivity contribution is 7.09. The van der Waals surface area contributed by atoms with E-state index in [4.69, 9.17) is 5.11 Å². The molecule has 21 heavy (non-hydrogen) atoms. The molecule has 0 aliphatic rings. The second-order valence-corrected chi connectivity index (χ2v) is 5.50. The van der Waals surface area contributed by atoms with E-state index in [1.54, 1.807) is 9.90 Å². The number of thiazole rings is 1. The standard InChI is InChI=1S/C13H13N5O2S/c1-8-4-10(18-11(5-8)15-7-16-18)14-3-2-12-17-9(6-21-12)13(19)20/h4-7,14H,2-3H2,1H3,(H,19,20). The maximum Gasteiger partial charge on any atom is 0.355 e. The zero-order chi connectivity index (χ0) is 14.8. The van der Waals surface area contributed by atoms with E-state index >= 15 is 0 Å². The van der Waals surface area contributed by atoms with E-state index in [0.717, 1.165) is 22.0 Å². The summed E-state index contributed by atoms with van der Waals surface area (Å²) in [7, 11) is 0. The van der Waals surface area contributed by atoms with Crippen molar-refractivity contribution in [1.29, 1.82) is 0 Å². The number of hydrogen-bond acceptors (Lipinski definition) is 6. The van der Waals surface area contributed by atoms with Gasteiger partial charge >= 0.3 is 5.97 Å². The van der Waals surface area contributed by atoms with Crippen molar-refractivity contribution in [3.8, 4) is 0 Å². The van der Waals surface area contributed by atoms with Gasteiger partial charge < -0.3 is 10.4 Å². The van der Waals surface area contributed by atoms with E-state index in [2.05, 4.69) is 20.4 Å². The molecule has 0 atom stereocenters. The lowest BCUT2D eigenvalue weighted by Gasteiger charge is -2.08. The van der Waals surface area contributed by atoms with E-state index in [1.807, 2.05) is 19.1 Å². The molecular weight excluding hydrogens is 290 g/mol. The molecular formula is C13H13N5O2S. The fourth-order valence-corrected chi connectivity index (χ4v) is 2.78. The van der Waals surface area contributed by atoms with Crippen molar-refractivity contribution in [2.45, 2.75) is 13.3 Å². The average Bonchev–Trinajstić information content (AvgIpc) is 3.06. The summed E-state index contributed by atoms with van der Waals surface area (Å²) in [6.45, 7) is 2.64. The lowest BCUT2D eigenvalue weighted by Crippen LogP contribution is -2.09. The highest BCUT2D eigenvalue weighted by Crippen LogP contribution is 2.14. The zero-order valence-corrected chi connectivity index (χ0v) is 12.1. The lowest BCUT2D eigenvalue weighted by atomic mass is 10.3. The Morgan fingerprint density at radius 3 is 3.10 bits per heavy atom. The average molecular weight is 303 g/mol. The van der Waals surface area contributed by atoms with Crippen LogP contribution in [0.3, 0.4) is 0 Å². The molecule has 0 unspecified atom stereocenters. The van der Waals surface area contributed by atoms with Crippen molar-refractivity contribution in [2.24, 2.45) is 0 Å². The Morgan fingerprint density at radius 2 is 2.33 bits per heavy atom. The number of carboxylic acids is 1. The highest BCUT2D eigenvalue weighted by Gasteiger charge is 2.09. The Hall–Kier alpha value is -2.48. The third-order valence-corrected chi connectivity index (χ3v) is 3.85. The number of nitrogens with one attached hydrogen (secondary N) is 1. The van der Waals surface area contributed by atoms with Gasteiger partial charge in [0.25, 0.3) is 0 Å². The summed E-state index contributed by atoms with van der Waals surface area (Å²) in [4.78, 5) is 19.0. The van der Waals surface area contributed by atoms with Crippen LogP contribution < -0.4 is 5.32 Å². The van der Waals surface area contributed by atoms with Crippen molar-refractivity contribution in [1.82, 2.24) is 19.6 Å². The Labute approximate surface area is 124 Å². The molecule has 0 aliphatic carbocycles. The number of aryl methyl sites for hydroxylation is 1. The van der Waals surface area contributed by atoms with Crippen LogP contribution in [0.1, 0.15) is 21.1 Å². The number of aromatic nitrogens is 4. The maximum atomic E-state index is 10.8. The van der Waals surface area contributed by atoms with Gasteiger partial charge in [-0.05, 0) is 24.6 Å². The van der Waals surface area contributed by atoms with E-state index in [0.29, 0.717) is 13.0 Å². The minimum absolute atomic E-state index is 0.101. The molecule has 0 amide bonds. The maximum absolute atomic E-state index is 10.8. The van der Waals surface area contributed by atoms with Gasteiger partial charge in [-0.1, -0.05) is 0 Å². The summed E-state index contributed by atoms with van der Waals surface area (Å²) >= 11 is 1.35. The number of fused-ring (bicyclic) bond motifs is 1. The van der Waals surface area contributed by atoms with Crippen LogP contribution in [0.4, 0.5) is 5.82 Å². The molecule has 3 aromatic rings. The molecule has 3 heterocycles. The highest BCUT2D eigenvalue weighted by atomic mass is 32.1. The van der Waals surface area contributed by atoms with Gasteiger partial charge in [0, 0.05) is 18.3 Å². The van der Waals surface area contributed by atoms with Crippen LogP contribution in [0, 0.1) is 6.92 Å². The van der Waals surface area contributed by atoms with Gasteiger partial charge in [0.2, 0.25) is 0 Å². The van der Waals surface area contributed by atoms with Gasteiger partial charge in [0.1, 0.15) is 12.1 Å². The van der Waals surface area contributed by atoms with E-state index in [1.165, 1.54) is 17.7 Å². The lowest BCUT2D eigenvalue weighted by molar-refractivity contribution is 0.0691. The largest absolute Gasteiger partial charge is 0.476 e. The van der Waals surface area contributed by atoms with Crippen LogP contribution >= 0.6 is 11.3 Å². The molecule has 0 aliphatic heterocycles. The molecule has 0 radical (unpaired) electrons. The molecule has 2 N–H and O–H groups in total. The Balaban J connectivity index is 1.68. The molecule has 3 rings (SSSR count). The van der Waals surface area contributed by atoms with Gasteiger partial charge in [-0.15, -0.1) is 11.3 Å². The van der Waals surface area contributed by atoms with Gasteiger partial charge in [0.15, 0.2) is 11.3 Å². The van der Waals surface area contributed by atoms with Crippen molar-refractivity contribution >= 4 is 28.8 Å². The van der Waals surface area contributed by atoms with Gasteiger partial charge in [-0.2, -0.15) is 9.61 Å². The van der Waals surface area contributed by atoms with E-state index in [9.17, 15) is 4.79 Å². The molecule has 0 saturated heterocycles. The number of rotatable bonds is 5. The fourth-order valence-electron chi connectivity index (χ4n) is 2.00. The molecule has 108 valence electrons. The van der Waals surface area contributed by atoms with Gasteiger partial charge in [-0.3, -0.25) is 0 Å². The summed E-state index contributed by atoms with van der Waals surface area (Å²) in [6.07, 6.45) is 2.17. The molecule has 0 fully saturated rings. The Morgan fingerprint density at radius 1 is 1.48 bits per heavy atom. The quantitative estimate of drug-likeness (QED) is 0.747. The summed E-state index contributed by atoms with van der Waals surface area (Å²) in [5.74, 6) is -0.133. The Bertz CT molecular complexity index is 795. The summed E-state index contributed by atoms with van der Waals surface area (Å²) in [5.41, 5.74) is 1.99. The summed E-state index contributed by atoms with van der Waals surface area (Å²) < 4.78 is 1.73. The molecule has 0 bridgehead atoms. The van der Waals surface area contributed by atoms with Crippen molar-refractivity contribution in [3.63, 3.8) is 0 Å². The van der Waals surface area contributed by atoms with Crippen molar-refractivity contribution in [2.75, 3.05) is 11.9 Å². The number of nitrogens with zero attached hydrogens (tertiary/aromatic N) is 4. The van der Waals surface area contributed by atoms with Gasteiger partial charge in [0.05, 0.1) is 5.01 Å². The minimum Gasteiger partial charge on any atom is -0.476 e. The number of anilines is 1. The molecule has 0 aromatic carbocycles. The predicted molar refractivity (Wildman–Crippen MR) is 79.0 cm³/mol. The van der Waals surface area contributed by atoms with Gasteiger partial charge in [-0.25, -0.2) is 14.8 Å². The topological polar surface area (TPSA) is 92.4 Å². The van der Waals surface area contributed by atoms with Crippen LogP contribution in [0.5, 0.6) is 0 Å². The molecule has 8 heteroatoms. The smallest absolute Gasteiger partial charge is 0.355 e. The second-order valence-electron chi connectivity index (χ2n) is 4.56. The second kappa shape index (κ2) is 5.49. The molecule has 0 spiro atoms. The SMILES string of the molecule is Cc1cc(NCCc2nc(C(=O)O)cs2)n2ncnc2c1.